The molecule has 1 aliphatic rings. The van der Waals surface area contributed by atoms with E-state index in [9.17, 15) is 9.18 Å². The van der Waals surface area contributed by atoms with Gasteiger partial charge in [-0.2, -0.15) is 5.10 Å². The summed E-state index contributed by atoms with van der Waals surface area (Å²) in [6.07, 6.45) is 7.00. The minimum Gasteiger partial charge on any atom is -0.467 e. The van der Waals surface area contributed by atoms with Crippen molar-refractivity contribution in [2.24, 2.45) is 10.2 Å². The van der Waals surface area contributed by atoms with E-state index in [0.29, 0.717) is 17.3 Å². The number of carbonyl (C=O) groups is 1. The van der Waals surface area contributed by atoms with Gasteiger partial charge >= 0.3 is 0 Å². The van der Waals surface area contributed by atoms with Crippen molar-refractivity contribution in [3.63, 3.8) is 0 Å². The van der Waals surface area contributed by atoms with Crippen molar-refractivity contribution in [3.05, 3.63) is 89.9 Å². The lowest BCUT2D eigenvalue weighted by Crippen LogP contribution is -2.32. The molecule has 2 aromatic heterocycles. The molecule has 1 saturated heterocycles. The number of halogens is 1. The van der Waals surface area contributed by atoms with Crippen molar-refractivity contribution in [2.45, 2.75) is 18.2 Å². The van der Waals surface area contributed by atoms with Crippen LogP contribution in [0.15, 0.2) is 81.8 Å². The van der Waals surface area contributed by atoms with Gasteiger partial charge in [0.2, 0.25) is 5.91 Å². The maximum absolute atomic E-state index is 13.2. The zero-order chi connectivity index (χ0) is 20.1. The highest BCUT2D eigenvalue weighted by atomic mass is 32.2. The van der Waals surface area contributed by atoms with E-state index in [4.69, 9.17) is 4.42 Å². The summed E-state index contributed by atoms with van der Waals surface area (Å²) in [5, 5.41) is 8.55. The molecule has 29 heavy (non-hydrogen) atoms. The number of aromatic nitrogens is 1. The molecule has 146 valence electrons. The molecule has 0 saturated carbocycles. The van der Waals surface area contributed by atoms with Gasteiger partial charge in [0.1, 0.15) is 11.6 Å². The lowest BCUT2D eigenvalue weighted by Gasteiger charge is -2.14. The fourth-order valence-corrected chi connectivity index (χ4v) is 3.98. The molecule has 0 spiro atoms. The van der Waals surface area contributed by atoms with Crippen molar-refractivity contribution in [3.8, 4) is 0 Å². The first-order valence-electron chi connectivity index (χ1n) is 8.95. The predicted molar refractivity (Wildman–Crippen MR) is 110 cm³/mol. The Morgan fingerprint density at radius 2 is 1.97 bits per heavy atom. The molecule has 1 aliphatic heterocycles. The van der Waals surface area contributed by atoms with E-state index >= 15 is 0 Å². The third-order valence-electron chi connectivity index (χ3n) is 4.30. The molecular weight excluding hydrogens is 391 g/mol. The van der Waals surface area contributed by atoms with E-state index in [1.54, 1.807) is 48.0 Å². The summed E-state index contributed by atoms with van der Waals surface area (Å²) >= 11 is 1.35. The minimum atomic E-state index is -0.356. The number of hydrogen-bond acceptors (Lipinski definition) is 6. The number of pyridine rings is 1. The molecule has 0 radical (unpaired) electrons. The second-order valence-electron chi connectivity index (χ2n) is 6.35. The maximum atomic E-state index is 13.2. The Morgan fingerprint density at radius 1 is 1.17 bits per heavy atom. The van der Waals surface area contributed by atoms with Gasteiger partial charge in [-0.3, -0.25) is 14.7 Å². The van der Waals surface area contributed by atoms with Crippen LogP contribution in [-0.2, 0) is 17.8 Å². The molecule has 3 heterocycles. The van der Waals surface area contributed by atoms with Crippen molar-refractivity contribution >= 4 is 29.1 Å². The van der Waals surface area contributed by atoms with Crippen LogP contribution in [0.1, 0.15) is 16.9 Å². The smallest absolute Gasteiger partial charge is 0.242 e. The van der Waals surface area contributed by atoms with Crippen molar-refractivity contribution in [1.29, 1.82) is 0 Å². The van der Waals surface area contributed by atoms with Crippen LogP contribution in [0.25, 0.3) is 0 Å². The Morgan fingerprint density at radius 3 is 2.69 bits per heavy atom. The van der Waals surface area contributed by atoms with E-state index in [2.05, 4.69) is 15.2 Å². The third kappa shape index (κ3) is 4.78. The van der Waals surface area contributed by atoms with E-state index < -0.39 is 0 Å². The van der Waals surface area contributed by atoms with Crippen LogP contribution in [0.2, 0.25) is 0 Å². The lowest BCUT2D eigenvalue weighted by atomic mass is 10.1. The zero-order valence-electron chi connectivity index (χ0n) is 15.3. The number of nitrogens with zero attached hydrogens (tertiary/aromatic N) is 4. The number of thioether (sulfide) groups is 1. The number of benzene rings is 1. The van der Waals surface area contributed by atoms with Crippen LogP contribution in [0, 0.1) is 5.82 Å². The predicted octanol–water partition coefficient (Wildman–Crippen LogP) is 3.89. The van der Waals surface area contributed by atoms with Gasteiger partial charge in [0, 0.05) is 12.4 Å². The second-order valence-corrected chi connectivity index (χ2v) is 7.52. The fourth-order valence-electron chi connectivity index (χ4n) is 2.85. The standard InChI is InChI=1S/C21H17FN4O2S/c22-17-5-3-15(4-6-17)12-19-20(27)26(14-18-2-1-11-28-18)21(29-19)25-24-13-16-7-9-23-10-8-16/h1-11,13,19H,12,14H2/b24-13-,25-21+/t19-/m1/s1. The van der Waals surface area contributed by atoms with Crippen molar-refractivity contribution in [1.82, 2.24) is 9.88 Å². The average molecular weight is 408 g/mol. The summed E-state index contributed by atoms with van der Waals surface area (Å²) in [5.74, 6) is 0.284. The molecule has 8 heteroatoms. The molecular formula is C21H17FN4O2S. The molecule has 0 N–H and O–H groups in total. The van der Waals surface area contributed by atoms with Gasteiger partial charge < -0.3 is 4.42 Å². The summed E-state index contributed by atoms with van der Waals surface area (Å²) in [7, 11) is 0. The van der Waals surface area contributed by atoms with Crippen LogP contribution < -0.4 is 0 Å². The van der Waals surface area contributed by atoms with E-state index in [-0.39, 0.29) is 23.5 Å². The molecule has 0 aliphatic carbocycles. The van der Waals surface area contributed by atoms with Crippen LogP contribution in [0.5, 0.6) is 0 Å². The largest absolute Gasteiger partial charge is 0.467 e. The average Bonchev–Trinajstić information content (AvgIpc) is 3.35. The Hall–Kier alpha value is -3.26. The van der Waals surface area contributed by atoms with Crippen molar-refractivity contribution in [2.75, 3.05) is 0 Å². The molecule has 0 bridgehead atoms. The number of rotatable bonds is 6. The van der Waals surface area contributed by atoms with Gasteiger partial charge in [-0.05, 0) is 53.9 Å². The Balaban J connectivity index is 1.54. The summed E-state index contributed by atoms with van der Waals surface area (Å²) in [4.78, 5) is 18.5. The van der Waals surface area contributed by atoms with Gasteiger partial charge in [0.05, 0.1) is 24.3 Å². The number of carbonyl (C=O) groups excluding carboxylic acids is 1. The molecule has 3 aromatic rings. The van der Waals surface area contributed by atoms with Crippen LogP contribution in [-0.4, -0.2) is 32.4 Å². The van der Waals surface area contributed by atoms with Gasteiger partial charge in [-0.15, -0.1) is 5.10 Å². The molecule has 0 unspecified atom stereocenters. The number of furan rings is 1. The lowest BCUT2D eigenvalue weighted by molar-refractivity contribution is -0.126. The van der Waals surface area contributed by atoms with E-state index in [1.807, 2.05) is 18.2 Å². The number of hydrogen-bond donors (Lipinski definition) is 0. The molecule has 1 aromatic carbocycles. The SMILES string of the molecule is O=C1[C@@H](Cc2ccc(F)cc2)S/C(=N/N=C\c2ccncc2)N1Cc1ccco1. The zero-order valence-corrected chi connectivity index (χ0v) is 16.1. The molecule has 1 amide bonds. The molecule has 1 atom stereocenters. The summed E-state index contributed by atoms with van der Waals surface area (Å²) in [6, 6.07) is 13.4. The van der Waals surface area contributed by atoms with Crippen LogP contribution in [0.4, 0.5) is 4.39 Å². The molecule has 6 nitrogen and oxygen atoms in total. The second kappa shape index (κ2) is 8.83. The first kappa shape index (κ1) is 19.1. The first-order valence-corrected chi connectivity index (χ1v) is 9.83. The summed E-state index contributed by atoms with van der Waals surface area (Å²) in [6.45, 7) is 0.280. The summed E-state index contributed by atoms with van der Waals surface area (Å²) in [5.41, 5.74) is 1.75. The van der Waals surface area contributed by atoms with Gasteiger partial charge in [-0.25, -0.2) is 4.39 Å². The Bertz CT molecular complexity index is 1020. The molecule has 4 rings (SSSR count). The molecule has 1 fully saturated rings. The topological polar surface area (TPSA) is 71.1 Å². The van der Waals surface area contributed by atoms with Crippen LogP contribution in [0.3, 0.4) is 0 Å². The Kier molecular flexibility index (Phi) is 5.81. The Labute approximate surface area is 171 Å². The number of amides is 1. The van der Waals surface area contributed by atoms with Gasteiger partial charge in [0.25, 0.3) is 0 Å². The van der Waals surface area contributed by atoms with Crippen LogP contribution >= 0.6 is 11.8 Å². The quantitative estimate of drug-likeness (QED) is 0.458. The van der Waals surface area contributed by atoms with E-state index in [0.717, 1.165) is 11.1 Å². The van der Waals surface area contributed by atoms with Gasteiger partial charge in [-0.1, -0.05) is 23.9 Å². The highest BCUT2D eigenvalue weighted by Gasteiger charge is 2.38. The third-order valence-corrected chi connectivity index (χ3v) is 5.47. The highest BCUT2D eigenvalue weighted by molar-refractivity contribution is 8.15. The normalized spacial score (nSPS) is 18.2. The maximum Gasteiger partial charge on any atom is 0.242 e. The minimum absolute atomic E-state index is 0.0754. The number of amidine groups is 1. The fraction of sp³-hybridized carbons (Fsp3) is 0.143. The summed E-state index contributed by atoms with van der Waals surface area (Å²) < 4.78 is 18.5. The highest BCUT2D eigenvalue weighted by Crippen LogP contribution is 2.31. The monoisotopic (exact) mass is 408 g/mol. The van der Waals surface area contributed by atoms with Crippen molar-refractivity contribution < 1.29 is 13.6 Å². The van der Waals surface area contributed by atoms with E-state index in [1.165, 1.54) is 23.9 Å². The van der Waals surface area contributed by atoms with Gasteiger partial charge in [0.15, 0.2) is 5.17 Å². The first-order chi connectivity index (χ1) is 14.2.